The molecule has 4 aromatic rings. The zero-order valence-corrected chi connectivity index (χ0v) is 18.3. The van der Waals surface area contributed by atoms with E-state index < -0.39 is 0 Å². The molecule has 1 heterocycles. The molecule has 0 aliphatic heterocycles. The lowest BCUT2D eigenvalue weighted by atomic mass is 9.99. The van der Waals surface area contributed by atoms with Gasteiger partial charge in [-0.25, -0.2) is 4.98 Å². The molecule has 0 aliphatic rings. The van der Waals surface area contributed by atoms with Crippen LogP contribution >= 0.6 is 0 Å². The molecule has 4 nitrogen and oxygen atoms in total. The first-order chi connectivity index (χ1) is 15.2. The number of nitrogens with one attached hydrogen (secondary N) is 1. The highest BCUT2D eigenvalue weighted by Crippen LogP contribution is 2.32. The first-order valence-corrected chi connectivity index (χ1v) is 10.7. The van der Waals surface area contributed by atoms with Crippen LogP contribution in [-0.2, 0) is 6.54 Å². The van der Waals surface area contributed by atoms with Crippen LogP contribution in [-0.4, -0.2) is 18.7 Å². The van der Waals surface area contributed by atoms with E-state index >= 15 is 0 Å². The fraction of sp³-hybridized carbons (Fsp3) is 0.222. The summed E-state index contributed by atoms with van der Waals surface area (Å²) in [6.07, 6.45) is 1.83. The van der Waals surface area contributed by atoms with Gasteiger partial charge < -0.3 is 14.8 Å². The van der Waals surface area contributed by atoms with Crippen molar-refractivity contribution < 1.29 is 9.47 Å². The van der Waals surface area contributed by atoms with E-state index in [0.717, 1.165) is 23.4 Å². The van der Waals surface area contributed by atoms with Crippen LogP contribution in [0.5, 0.6) is 11.6 Å². The molecule has 0 aliphatic carbocycles. The summed E-state index contributed by atoms with van der Waals surface area (Å²) in [6.45, 7) is 5.52. The van der Waals surface area contributed by atoms with E-state index in [1.54, 1.807) is 7.11 Å². The topological polar surface area (TPSA) is 43.4 Å². The third-order valence-corrected chi connectivity index (χ3v) is 5.51. The number of rotatable bonds is 8. The Kier molecular flexibility index (Phi) is 6.48. The van der Waals surface area contributed by atoms with E-state index in [-0.39, 0.29) is 6.04 Å². The second-order valence-electron chi connectivity index (χ2n) is 7.52. The zero-order valence-electron chi connectivity index (χ0n) is 18.3. The van der Waals surface area contributed by atoms with Crippen molar-refractivity contribution in [1.29, 1.82) is 0 Å². The SMILES string of the molecule is CCOc1ccc(-c2cc(CN[C@H](C)c3cccc4ccccc34)ccc2OC)cn1. The van der Waals surface area contributed by atoms with Crippen LogP contribution < -0.4 is 14.8 Å². The third kappa shape index (κ3) is 4.70. The number of fused-ring (bicyclic) bond motifs is 1. The van der Waals surface area contributed by atoms with Crippen LogP contribution in [0.25, 0.3) is 21.9 Å². The Balaban J connectivity index is 1.54. The molecular weight excluding hydrogens is 384 g/mol. The van der Waals surface area contributed by atoms with Gasteiger partial charge in [0.2, 0.25) is 5.88 Å². The number of benzene rings is 3. The first kappa shape index (κ1) is 20.9. The van der Waals surface area contributed by atoms with Crippen LogP contribution in [0.4, 0.5) is 0 Å². The molecule has 0 radical (unpaired) electrons. The molecule has 31 heavy (non-hydrogen) atoms. The van der Waals surface area contributed by atoms with Crippen molar-refractivity contribution in [2.75, 3.05) is 13.7 Å². The van der Waals surface area contributed by atoms with Crippen LogP contribution in [0.15, 0.2) is 79.0 Å². The highest BCUT2D eigenvalue weighted by molar-refractivity contribution is 5.86. The normalized spacial score (nSPS) is 12.0. The Bertz CT molecular complexity index is 1150. The van der Waals surface area contributed by atoms with E-state index in [4.69, 9.17) is 9.47 Å². The summed E-state index contributed by atoms with van der Waals surface area (Å²) < 4.78 is 11.1. The largest absolute Gasteiger partial charge is 0.496 e. The van der Waals surface area contributed by atoms with E-state index in [0.29, 0.717) is 12.5 Å². The van der Waals surface area contributed by atoms with Gasteiger partial charge in [0, 0.05) is 36.0 Å². The number of hydrogen-bond acceptors (Lipinski definition) is 4. The lowest BCUT2D eigenvalue weighted by molar-refractivity contribution is 0.327. The molecule has 4 rings (SSSR count). The van der Waals surface area contributed by atoms with Gasteiger partial charge in [-0.3, -0.25) is 0 Å². The molecule has 1 aromatic heterocycles. The van der Waals surface area contributed by atoms with Crippen molar-refractivity contribution in [3.63, 3.8) is 0 Å². The van der Waals surface area contributed by atoms with Gasteiger partial charge in [0.15, 0.2) is 0 Å². The van der Waals surface area contributed by atoms with E-state index in [9.17, 15) is 0 Å². The number of pyridine rings is 1. The minimum absolute atomic E-state index is 0.226. The molecular formula is C27H28N2O2. The van der Waals surface area contributed by atoms with Crippen molar-refractivity contribution in [2.24, 2.45) is 0 Å². The fourth-order valence-electron chi connectivity index (χ4n) is 3.87. The van der Waals surface area contributed by atoms with Crippen LogP contribution in [0.2, 0.25) is 0 Å². The molecule has 4 heteroatoms. The van der Waals surface area contributed by atoms with Crippen molar-refractivity contribution in [3.8, 4) is 22.8 Å². The van der Waals surface area contributed by atoms with E-state index in [1.165, 1.54) is 21.9 Å². The van der Waals surface area contributed by atoms with Gasteiger partial charge in [0.25, 0.3) is 0 Å². The van der Waals surface area contributed by atoms with Crippen molar-refractivity contribution in [1.82, 2.24) is 10.3 Å². The average molecular weight is 413 g/mol. The molecule has 0 saturated heterocycles. The van der Waals surface area contributed by atoms with Gasteiger partial charge in [-0.15, -0.1) is 0 Å². The van der Waals surface area contributed by atoms with Crippen molar-refractivity contribution in [3.05, 3.63) is 90.1 Å². The molecule has 0 spiro atoms. The summed E-state index contributed by atoms with van der Waals surface area (Å²) >= 11 is 0. The van der Waals surface area contributed by atoms with Gasteiger partial charge in [-0.2, -0.15) is 0 Å². The lowest BCUT2D eigenvalue weighted by Crippen LogP contribution is -2.18. The molecule has 1 atom stereocenters. The Morgan fingerprint density at radius 3 is 2.58 bits per heavy atom. The van der Waals surface area contributed by atoms with E-state index in [2.05, 4.69) is 71.8 Å². The van der Waals surface area contributed by atoms with Crippen LogP contribution in [0.3, 0.4) is 0 Å². The lowest BCUT2D eigenvalue weighted by Gasteiger charge is -2.18. The number of aromatic nitrogens is 1. The molecule has 3 aromatic carbocycles. The smallest absolute Gasteiger partial charge is 0.213 e. The van der Waals surface area contributed by atoms with E-state index in [1.807, 2.05) is 31.3 Å². The van der Waals surface area contributed by atoms with Crippen molar-refractivity contribution >= 4 is 10.8 Å². The molecule has 0 unspecified atom stereocenters. The maximum atomic E-state index is 5.60. The standard InChI is InChI=1S/C27H28N2O2/c1-4-31-27-15-13-22(18-29-27)25-16-20(12-14-26(25)30-3)17-28-19(2)23-11-7-9-21-8-5-6-10-24(21)23/h5-16,18-19,28H,4,17H2,1-3H3/t19-/m1/s1. The Hall–Kier alpha value is -3.37. The number of nitrogens with zero attached hydrogens (tertiary/aromatic N) is 1. The monoisotopic (exact) mass is 412 g/mol. The first-order valence-electron chi connectivity index (χ1n) is 10.7. The number of hydrogen-bond donors (Lipinski definition) is 1. The van der Waals surface area contributed by atoms with Gasteiger partial charge in [0.05, 0.1) is 13.7 Å². The highest BCUT2D eigenvalue weighted by Gasteiger charge is 2.11. The van der Waals surface area contributed by atoms with Gasteiger partial charge >= 0.3 is 0 Å². The van der Waals surface area contributed by atoms with Crippen molar-refractivity contribution in [2.45, 2.75) is 26.4 Å². The minimum Gasteiger partial charge on any atom is -0.496 e. The van der Waals surface area contributed by atoms with Gasteiger partial charge in [-0.1, -0.05) is 48.5 Å². The maximum Gasteiger partial charge on any atom is 0.213 e. The predicted molar refractivity (Wildman–Crippen MR) is 127 cm³/mol. The summed E-state index contributed by atoms with van der Waals surface area (Å²) in [6, 6.07) is 25.4. The second-order valence-corrected chi connectivity index (χ2v) is 7.52. The zero-order chi connectivity index (χ0) is 21.6. The summed E-state index contributed by atoms with van der Waals surface area (Å²) in [5.74, 6) is 1.46. The number of methoxy groups -OCH3 is 1. The molecule has 158 valence electrons. The summed E-state index contributed by atoms with van der Waals surface area (Å²) in [7, 11) is 1.70. The average Bonchev–Trinajstić information content (AvgIpc) is 2.82. The van der Waals surface area contributed by atoms with Crippen LogP contribution in [0.1, 0.15) is 31.0 Å². The molecule has 0 saturated carbocycles. The Morgan fingerprint density at radius 1 is 0.968 bits per heavy atom. The van der Waals surface area contributed by atoms with Crippen LogP contribution in [0, 0.1) is 0 Å². The number of ether oxygens (including phenoxy) is 2. The summed E-state index contributed by atoms with van der Waals surface area (Å²) in [5.41, 5.74) is 4.53. The molecule has 0 amide bonds. The predicted octanol–water partition coefficient (Wildman–Crippen LogP) is 6.16. The quantitative estimate of drug-likeness (QED) is 0.376. The minimum atomic E-state index is 0.226. The highest BCUT2D eigenvalue weighted by atomic mass is 16.5. The molecule has 0 fully saturated rings. The maximum absolute atomic E-state index is 5.60. The fourth-order valence-corrected chi connectivity index (χ4v) is 3.87. The summed E-state index contributed by atoms with van der Waals surface area (Å²) in [5, 5.41) is 6.23. The Labute approximate surface area is 183 Å². The molecule has 0 bridgehead atoms. The van der Waals surface area contributed by atoms with Gasteiger partial charge in [0.1, 0.15) is 5.75 Å². The Morgan fingerprint density at radius 2 is 1.81 bits per heavy atom. The third-order valence-electron chi connectivity index (χ3n) is 5.51. The molecule has 1 N–H and O–H groups in total. The summed E-state index contributed by atoms with van der Waals surface area (Å²) in [4.78, 5) is 4.40. The van der Waals surface area contributed by atoms with Gasteiger partial charge in [-0.05, 0) is 53.9 Å². The second kappa shape index (κ2) is 9.63.